The Kier molecular flexibility index (Phi) is 4.91. The number of ether oxygens (including phenoxy) is 1. The molecule has 1 aliphatic rings. The number of halogens is 5. The molecule has 25 heavy (non-hydrogen) atoms. The molecule has 2 aromatic carbocycles. The van der Waals surface area contributed by atoms with Crippen LogP contribution in [0.15, 0.2) is 24.3 Å². The molecule has 3 nitrogen and oxygen atoms in total. The van der Waals surface area contributed by atoms with Gasteiger partial charge in [0.1, 0.15) is 5.75 Å². The van der Waals surface area contributed by atoms with Crippen molar-refractivity contribution in [3.05, 3.63) is 64.5 Å². The van der Waals surface area contributed by atoms with Crippen molar-refractivity contribution in [1.29, 1.82) is 0 Å². The minimum Gasteiger partial charge on any atom is -0.508 e. The number of hydrogen-bond acceptors (Lipinski definition) is 3. The Labute approximate surface area is 140 Å². The van der Waals surface area contributed by atoms with E-state index < -0.39 is 40.7 Å². The lowest BCUT2D eigenvalue weighted by molar-refractivity contribution is 0.0219. The summed E-state index contributed by atoms with van der Waals surface area (Å²) in [6.45, 7) is 0.885. The van der Waals surface area contributed by atoms with E-state index in [1.54, 1.807) is 0 Å². The molecule has 3 rings (SSSR count). The standard InChI is InChI=1S/C17H14F5NO2/c18-12-11(13(19)15(21)16(22)14(12)20)17(23-5-7-25-8-6-23)9-3-1-2-4-10(9)24/h1-4,17,24H,5-8H2. The molecule has 134 valence electrons. The summed E-state index contributed by atoms with van der Waals surface area (Å²) in [6.07, 6.45) is 0. The van der Waals surface area contributed by atoms with Crippen molar-refractivity contribution in [3.8, 4) is 5.75 Å². The summed E-state index contributed by atoms with van der Waals surface area (Å²) in [5.41, 5.74) is -0.938. The molecule has 2 aromatic rings. The van der Waals surface area contributed by atoms with E-state index in [1.807, 2.05) is 0 Å². The second-order valence-electron chi connectivity index (χ2n) is 5.59. The fraction of sp³-hybridized carbons (Fsp3) is 0.294. The van der Waals surface area contributed by atoms with Crippen LogP contribution in [0.3, 0.4) is 0 Å². The number of morpholine rings is 1. The lowest BCUT2D eigenvalue weighted by Gasteiger charge is -2.35. The first kappa shape index (κ1) is 17.6. The summed E-state index contributed by atoms with van der Waals surface area (Å²) in [4.78, 5) is 1.51. The third kappa shape index (κ3) is 3.07. The SMILES string of the molecule is Oc1ccccc1C(c1c(F)c(F)c(F)c(F)c1F)N1CCOCC1. The maximum atomic E-state index is 14.4. The van der Waals surface area contributed by atoms with Crippen LogP contribution in [0.2, 0.25) is 0 Å². The molecule has 1 heterocycles. The Morgan fingerprint density at radius 1 is 0.840 bits per heavy atom. The summed E-state index contributed by atoms with van der Waals surface area (Å²) < 4.78 is 74.6. The molecule has 1 aliphatic heterocycles. The van der Waals surface area contributed by atoms with Crippen LogP contribution in [0.5, 0.6) is 5.75 Å². The van der Waals surface area contributed by atoms with Gasteiger partial charge in [0, 0.05) is 18.7 Å². The van der Waals surface area contributed by atoms with Crippen LogP contribution in [-0.2, 0) is 4.74 Å². The highest BCUT2D eigenvalue weighted by atomic mass is 19.2. The number of phenols is 1. The Morgan fingerprint density at radius 3 is 1.92 bits per heavy atom. The molecule has 0 radical (unpaired) electrons. The van der Waals surface area contributed by atoms with Gasteiger partial charge in [-0.05, 0) is 6.07 Å². The molecule has 0 aromatic heterocycles. The van der Waals surface area contributed by atoms with Crippen LogP contribution in [0.1, 0.15) is 17.2 Å². The maximum absolute atomic E-state index is 14.4. The number of benzene rings is 2. The molecule has 0 bridgehead atoms. The minimum atomic E-state index is -2.21. The lowest BCUT2D eigenvalue weighted by Crippen LogP contribution is -2.40. The molecule has 0 spiro atoms. The Morgan fingerprint density at radius 2 is 1.36 bits per heavy atom. The summed E-state index contributed by atoms with van der Waals surface area (Å²) >= 11 is 0. The summed E-state index contributed by atoms with van der Waals surface area (Å²) in [5.74, 6) is -10.3. The zero-order valence-corrected chi connectivity index (χ0v) is 12.9. The number of aromatic hydroxyl groups is 1. The van der Waals surface area contributed by atoms with E-state index in [0.717, 1.165) is 0 Å². The lowest BCUT2D eigenvalue weighted by atomic mass is 9.94. The molecule has 1 saturated heterocycles. The number of nitrogens with zero attached hydrogens (tertiary/aromatic N) is 1. The zero-order valence-electron chi connectivity index (χ0n) is 12.9. The van der Waals surface area contributed by atoms with E-state index in [0.29, 0.717) is 0 Å². The molecular weight excluding hydrogens is 345 g/mol. The van der Waals surface area contributed by atoms with Crippen LogP contribution in [0, 0.1) is 29.1 Å². The van der Waals surface area contributed by atoms with Gasteiger partial charge in [-0.15, -0.1) is 0 Å². The van der Waals surface area contributed by atoms with Gasteiger partial charge in [0.15, 0.2) is 23.3 Å². The molecular formula is C17H14F5NO2. The van der Waals surface area contributed by atoms with Crippen LogP contribution in [-0.4, -0.2) is 36.3 Å². The van der Waals surface area contributed by atoms with Gasteiger partial charge in [-0.2, -0.15) is 0 Å². The highest BCUT2D eigenvalue weighted by Crippen LogP contribution is 2.39. The first-order valence-electron chi connectivity index (χ1n) is 7.54. The summed E-state index contributed by atoms with van der Waals surface area (Å²) in [7, 11) is 0. The van der Waals surface area contributed by atoms with Crippen LogP contribution >= 0.6 is 0 Å². The van der Waals surface area contributed by atoms with E-state index in [1.165, 1.54) is 29.2 Å². The van der Waals surface area contributed by atoms with Gasteiger partial charge in [0.25, 0.3) is 0 Å². The molecule has 8 heteroatoms. The monoisotopic (exact) mass is 359 g/mol. The normalized spacial score (nSPS) is 16.8. The van der Waals surface area contributed by atoms with Crippen molar-refractivity contribution in [3.63, 3.8) is 0 Å². The molecule has 1 unspecified atom stereocenters. The van der Waals surface area contributed by atoms with Gasteiger partial charge < -0.3 is 9.84 Å². The Hall–Kier alpha value is -2.19. The highest BCUT2D eigenvalue weighted by Gasteiger charge is 2.36. The smallest absolute Gasteiger partial charge is 0.200 e. The van der Waals surface area contributed by atoms with Crippen LogP contribution in [0.25, 0.3) is 0 Å². The molecule has 0 amide bonds. The first-order chi connectivity index (χ1) is 11.9. The molecule has 1 N–H and O–H groups in total. The number of rotatable bonds is 3. The second-order valence-corrected chi connectivity index (χ2v) is 5.59. The summed E-state index contributed by atoms with van der Waals surface area (Å²) in [5, 5.41) is 10.1. The Balaban J connectivity index is 2.24. The van der Waals surface area contributed by atoms with Gasteiger partial charge >= 0.3 is 0 Å². The van der Waals surface area contributed by atoms with Crippen molar-refractivity contribution in [1.82, 2.24) is 4.90 Å². The third-order valence-electron chi connectivity index (χ3n) is 4.16. The molecule has 1 atom stereocenters. The zero-order chi connectivity index (χ0) is 18.1. The maximum Gasteiger partial charge on any atom is 0.200 e. The van der Waals surface area contributed by atoms with E-state index in [-0.39, 0.29) is 37.6 Å². The van der Waals surface area contributed by atoms with Gasteiger partial charge in [-0.25, -0.2) is 22.0 Å². The summed E-state index contributed by atoms with van der Waals surface area (Å²) in [6, 6.07) is 4.33. The van der Waals surface area contributed by atoms with Crippen molar-refractivity contribution >= 4 is 0 Å². The molecule has 0 aliphatic carbocycles. The van der Waals surface area contributed by atoms with E-state index in [4.69, 9.17) is 4.74 Å². The predicted molar refractivity (Wildman–Crippen MR) is 78.6 cm³/mol. The quantitative estimate of drug-likeness (QED) is 0.517. The molecule has 0 saturated carbocycles. The Bertz CT molecular complexity index is 764. The highest BCUT2D eigenvalue weighted by molar-refractivity contribution is 5.42. The largest absolute Gasteiger partial charge is 0.508 e. The molecule has 1 fully saturated rings. The van der Waals surface area contributed by atoms with Gasteiger partial charge in [-0.3, -0.25) is 4.90 Å². The van der Waals surface area contributed by atoms with Crippen molar-refractivity contribution in [2.24, 2.45) is 0 Å². The average molecular weight is 359 g/mol. The topological polar surface area (TPSA) is 32.7 Å². The fourth-order valence-corrected chi connectivity index (χ4v) is 2.95. The number of hydrogen-bond donors (Lipinski definition) is 1. The van der Waals surface area contributed by atoms with E-state index >= 15 is 0 Å². The van der Waals surface area contributed by atoms with Crippen molar-refractivity contribution in [2.45, 2.75) is 6.04 Å². The predicted octanol–water partition coefficient (Wildman–Crippen LogP) is 3.51. The minimum absolute atomic E-state index is 0.0487. The van der Waals surface area contributed by atoms with Crippen molar-refractivity contribution < 1.29 is 31.8 Å². The van der Waals surface area contributed by atoms with E-state index in [9.17, 15) is 27.1 Å². The van der Waals surface area contributed by atoms with Crippen LogP contribution < -0.4 is 0 Å². The first-order valence-corrected chi connectivity index (χ1v) is 7.54. The number of phenolic OH excluding ortho intramolecular Hbond substituents is 1. The fourth-order valence-electron chi connectivity index (χ4n) is 2.95. The van der Waals surface area contributed by atoms with Gasteiger partial charge in [0.05, 0.1) is 24.8 Å². The van der Waals surface area contributed by atoms with Crippen LogP contribution in [0.4, 0.5) is 22.0 Å². The second kappa shape index (κ2) is 6.97. The van der Waals surface area contributed by atoms with E-state index in [2.05, 4.69) is 0 Å². The van der Waals surface area contributed by atoms with Crippen molar-refractivity contribution in [2.75, 3.05) is 26.3 Å². The van der Waals surface area contributed by atoms with Gasteiger partial charge in [0.2, 0.25) is 5.82 Å². The third-order valence-corrected chi connectivity index (χ3v) is 4.16. The average Bonchev–Trinajstić information content (AvgIpc) is 2.63. The van der Waals surface area contributed by atoms with Gasteiger partial charge in [-0.1, -0.05) is 18.2 Å². The number of para-hydroxylation sites is 1.